The SMILES string of the molecule is COC(Cc1ccccc1NC(=O)OC(C)(C)C)C(=O)O. The summed E-state index contributed by atoms with van der Waals surface area (Å²) < 4.78 is 10.1. The summed E-state index contributed by atoms with van der Waals surface area (Å²) in [5, 5.41) is 11.6. The fourth-order valence-electron chi connectivity index (χ4n) is 1.71. The summed E-state index contributed by atoms with van der Waals surface area (Å²) in [6.07, 6.45) is -1.40. The number of carbonyl (C=O) groups is 2. The van der Waals surface area contributed by atoms with Crippen molar-refractivity contribution in [3.63, 3.8) is 0 Å². The number of carboxylic acid groups (broad SMARTS) is 1. The van der Waals surface area contributed by atoms with E-state index in [9.17, 15) is 9.59 Å². The number of aliphatic carboxylic acids is 1. The number of nitrogens with one attached hydrogen (secondary N) is 1. The van der Waals surface area contributed by atoms with Crippen molar-refractivity contribution >= 4 is 17.7 Å². The number of carbonyl (C=O) groups excluding carboxylic acids is 1. The Hall–Kier alpha value is -2.08. The lowest BCUT2D eigenvalue weighted by atomic mass is 10.1. The van der Waals surface area contributed by atoms with Crippen LogP contribution in [0.5, 0.6) is 0 Å². The van der Waals surface area contributed by atoms with Gasteiger partial charge in [0.25, 0.3) is 0 Å². The molecule has 1 unspecified atom stereocenters. The van der Waals surface area contributed by atoms with Gasteiger partial charge in [-0.3, -0.25) is 5.32 Å². The molecule has 0 bridgehead atoms. The van der Waals surface area contributed by atoms with E-state index in [2.05, 4.69) is 5.32 Å². The van der Waals surface area contributed by atoms with Gasteiger partial charge in [-0.2, -0.15) is 0 Å². The van der Waals surface area contributed by atoms with Crippen molar-refractivity contribution < 1.29 is 24.2 Å². The average Bonchev–Trinajstić information content (AvgIpc) is 2.34. The number of amides is 1. The number of anilines is 1. The first-order valence-electron chi connectivity index (χ1n) is 6.56. The van der Waals surface area contributed by atoms with Crippen LogP contribution in [0.25, 0.3) is 0 Å². The van der Waals surface area contributed by atoms with Crippen LogP contribution in [0.3, 0.4) is 0 Å². The summed E-state index contributed by atoms with van der Waals surface area (Å²) >= 11 is 0. The highest BCUT2D eigenvalue weighted by Gasteiger charge is 2.20. The minimum Gasteiger partial charge on any atom is -0.479 e. The molecule has 0 aromatic heterocycles. The minimum atomic E-state index is -1.05. The first kappa shape index (κ1) is 17.0. The molecule has 0 fully saturated rings. The van der Waals surface area contributed by atoms with Crippen LogP contribution in [0.1, 0.15) is 26.3 Å². The summed E-state index contributed by atoms with van der Waals surface area (Å²) in [6.45, 7) is 5.30. The van der Waals surface area contributed by atoms with Gasteiger partial charge in [-0.15, -0.1) is 0 Å². The molecule has 21 heavy (non-hydrogen) atoms. The van der Waals surface area contributed by atoms with Crippen LogP contribution in [0.15, 0.2) is 24.3 Å². The Morgan fingerprint density at radius 3 is 2.43 bits per heavy atom. The first-order chi connectivity index (χ1) is 9.73. The van der Waals surface area contributed by atoms with E-state index < -0.39 is 23.8 Å². The summed E-state index contributed by atoms with van der Waals surface area (Å²) in [7, 11) is 1.34. The van der Waals surface area contributed by atoms with E-state index in [1.54, 1.807) is 45.0 Å². The molecule has 0 saturated carbocycles. The van der Waals surface area contributed by atoms with Gasteiger partial charge in [-0.05, 0) is 32.4 Å². The Balaban J connectivity index is 2.84. The second-order valence-electron chi connectivity index (χ2n) is 5.55. The number of hydrogen-bond acceptors (Lipinski definition) is 4. The van der Waals surface area contributed by atoms with Gasteiger partial charge in [0.15, 0.2) is 6.10 Å². The van der Waals surface area contributed by atoms with E-state index in [1.807, 2.05) is 0 Å². The van der Waals surface area contributed by atoms with Gasteiger partial charge < -0.3 is 14.6 Å². The van der Waals surface area contributed by atoms with Crippen LogP contribution >= 0.6 is 0 Å². The zero-order chi connectivity index (χ0) is 16.0. The minimum absolute atomic E-state index is 0.151. The first-order valence-corrected chi connectivity index (χ1v) is 6.56. The zero-order valence-corrected chi connectivity index (χ0v) is 12.7. The van der Waals surface area contributed by atoms with Crippen LogP contribution in [0.2, 0.25) is 0 Å². The van der Waals surface area contributed by atoms with E-state index in [4.69, 9.17) is 14.6 Å². The summed E-state index contributed by atoms with van der Waals surface area (Å²) in [6, 6.07) is 6.94. The number of ether oxygens (including phenoxy) is 2. The molecule has 1 rings (SSSR count). The predicted molar refractivity (Wildman–Crippen MR) is 78.4 cm³/mol. The molecule has 1 atom stereocenters. The molecule has 116 valence electrons. The van der Waals surface area contributed by atoms with Crippen molar-refractivity contribution in [1.29, 1.82) is 0 Å². The molecule has 0 spiro atoms. The Labute approximate surface area is 124 Å². The number of para-hydroxylation sites is 1. The smallest absolute Gasteiger partial charge is 0.412 e. The Morgan fingerprint density at radius 1 is 1.29 bits per heavy atom. The third-order valence-electron chi connectivity index (χ3n) is 2.62. The average molecular weight is 295 g/mol. The molecule has 6 heteroatoms. The van der Waals surface area contributed by atoms with Gasteiger partial charge in [-0.1, -0.05) is 18.2 Å². The second kappa shape index (κ2) is 7.08. The summed E-state index contributed by atoms with van der Waals surface area (Å²) in [4.78, 5) is 22.8. The molecule has 0 aliphatic rings. The molecular weight excluding hydrogens is 274 g/mol. The van der Waals surface area contributed by atoms with E-state index in [0.717, 1.165) is 0 Å². The normalized spacial score (nSPS) is 12.6. The molecule has 6 nitrogen and oxygen atoms in total. The van der Waals surface area contributed by atoms with E-state index >= 15 is 0 Å². The zero-order valence-electron chi connectivity index (χ0n) is 12.7. The quantitative estimate of drug-likeness (QED) is 0.872. The van der Waals surface area contributed by atoms with Gasteiger partial charge in [-0.25, -0.2) is 9.59 Å². The highest BCUT2D eigenvalue weighted by molar-refractivity contribution is 5.86. The molecule has 0 radical (unpaired) electrons. The number of hydrogen-bond donors (Lipinski definition) is 2. The highest BCUT2D eigenvalue weighted by Crippen LogP contribution is 2.19. The summed E-state index contributed by atoms with van der Waals surface area (Å²) in [5.74, 6) is -1.05. The van der Waals surface area contributed by atoms with Crippen molar-refractivity contribution in [2.75, 3.05) is 12.4 Å². The Kier molecular flexibility index (Phi) is 5.72. The predicted octanol–water partition coefficient (Wildman–Crippen LogP) is 2.68. The molecular formula is C15H21NO5. The fraction of sp³-hybridized carbons (Fsp3) is 0.467. The van der Waals surface area contributed by atoms with Crippen LogP contribution in [-0.2, 0) is 20.7 Å². The number of rotatable bonds is 5. The molecule has 0 heterocycles. The van der Waals surface area contributed by atoms with Crippen molar-refractivity contribution in [2.45, 2.75) is 38.9 Å². The maximum absolute atomic E-state index is 11.8. The van der Waals surface area contributed by atoms with Crippen molar-refractivity contribution in [3.8, 4) is 0 Å². The van der Waals surface area contributed by atoms with Gasteiger partial charge in [0.05, 0.1) is 0 Å². The van der Waals surface area contributed by atoms with Gasteiger partial charge in [0.1, 0.15) is 5.60 Å². The maximum Gasteiger partial charge on any atom is 0.412 e. The lowest BCUT2D eigenvalue weighted by molar-refractivity contribution is -0.148. The molecule has 1 amide bonds. The number of methoxy groups -OCH3 is 1. The topological polar surface area (TPSA) is 84.9 Å². The highest BCUT2D eigenvalue weighted by atomic mass is 16.6. The number of benzene rings is 1. The van der Waals surface area contributed by atoms with Crippen molar-refractivity contribution in [1.82, 2.24) is 0 Å². The van der Waals surface area contributed by atoms with E-state index in [-0.39, 0.29) is 6.42 Å². The largest absolute Gasteiger partial charge is 0.479 e. The lowest BCUT2D eigenvalue weighted by Gasteiger charge is -2.21. The Bertz CT molecular complexity index is 507. The molecule has 0 aliphatic carbocycles. The third kappa shape index (κ3) is 5.83. The van der Waals surface area contributed by atoms with Crippen LogP contribution < -0.4 is 5.32 Å². The maximum atomic E-state index is 11.8. The second-order valence-corrected chi connectivity index (χ2v) is 5.55. The third-order valence-corrected chi connectivity index (χ3v) is 2.62. The fourth-order valence-corrected chi connectivity index (χ4v) is 1.71. The van der Waals surface area contributed by atoms with Crippen molar-refractivity contribution in [2.24, 2.45) is 0 Å². The van der Waals surface area contributed by atoms with Gasteiger partial charge in [0, 0.05) is 19.2 Å². The van der Waals surface area contributed by atoms with E-state index in [1.165, 1.54) is 7.11 Å². The van der Waals surface area contributed by atoms with E-state index in [0.29, 0.717) is 11.3 Å². The molecule has 2 N–H and O–H groups in total. The van der Waals surface area contributed by atoms with Gasteiger partial charge in [0.2, 0.25) is 0 Å². The summed E-state index contributed by atoms with van der Waals surface area (Å²) in [5.41, 5.74) is 0.572. The van der Waals surface area contributed by atoms with Crippen LogP contribution in [0, 0.1) is 0 Å². The molecule has 1 aromatic rings. The monoisotopic (exact) mass is 295 g/mol. The Morgan fingerprint density at radius 2 is 1.90 bits per heavy atom. The van der Waals surface area contributed by atoms with Gasteiger partial charge >= 0.3 is 12.1 Å². The molecule has 1 aromatic carbocycles. The standard InChI is InChI=1S/C15H21NO5/c1-15(2,3)21-14(19)16-11-8-6-5-7-10(11)9-12(20-4)13(17)18/h5-8,12H,9H2,1-4H3,(H,16,19)(H,17,18). The van der Waals surface area contributed by atoms with Crippen LogP contribution in [-0.4, -0.2) is 36.0 Å². The molecule has 0 saturated heterocycles. The van der Waals surface area contributed by atoms with Crippen molar-refractivity contribution in [3.05, 3.63) is 29.8 Å². The van der Waals surface area contributed by atoms with Crippen LogP contribution in [0.4, 0.5) is 10.5 Å². The number of carboxylic acids is 1. The lowest BCUT2D eigenvalue weighted by Crippen LogP contribution is -2.28. The molecule has 0 aliphatic heterocycles.